The summed E-state index contributed by atoms with van der Waals surface area (Å²) in [7, 11) is 1.68. The molecule has 0 saturated carbocycles. The maximum Gasteiger partial charge on any atom is 0.222 e. The number of ether oxygens (including phenoxy) is 1. The standard InChI is InChI=1S/C11H20N2O2.ClH/c1-15-4-2-3-11(14)13-7-9-5-12-6-10(9)8-13;/h9-10,12H,2-8H2,1H3;1H/t9-,10+;. The van der Waals surface area contributed by atoms with Crippen LogP contribution in [-0.4, -0.2) is 50.7 Å². The lowest BCUT2D eigenvalue weighted by molar-refractivity contribution is -0.130. The van der Waals surface area contributed by atoms with Crippen LogP contribution in [0.3, 0.4) is 0 Å². The molecule has 4 nitrogen and oxygen atoms in total. The Morgan fingerprint density at radius 3 is 2.56 bits per heavy atom. The summed E-state index contributed by atoms with van der Waals surface area (Å²) in [5, 5.41) is 3.38. The Balaban J connectivity index is 0.00000128. The number of hydrogen-bond donors (Lipinski definition) is 1. The molecule has 5 heteroatoms. The van der Waals surface area contributed by atoms with Crippen molar-refractivity contribution in [1.29, 1.82) is 0 Å². The van der Waals surface area contributed by atoms with Crippen molar-refractivity contribution < 1.29 is 9.53 Å². The molecule has 2 heterocycles. The number of nitrogens with zero attached hydrogens (tertiary/aromatic N) is 1. The van der Waals surface area contributed by atoms with Crippen LogP contribution in [0.5, 0.6) is 0 Å². The highest BCUT2D eigenvalue weighted by atomic mass is 35.5. The van der Waals surface area contributed by atoms with Gasteiger partial charge in [-0.2, -0.15) is 0 Å². The Hall–Kier alpha value is -0.320. The monoisotopic (exact) mass is 248 g/mol. The van der Waals surface area contributed by atoms with E-state index in [-0.39, 0.29) is 12.4 Å². The first-order valence-corrected chi connectivity index (χ1v) is 5.78. The van der Waals surface area contributed by atoms with Crippen molar-refractivity contribution in [1.82, 2.24) is 10.2 Å². The first kappa shape index (κ1) is 13.7. The second kappa shape index (κ2) is 6.42. The van der Waals surface area contributed by atoms with Crippen molar-refractivity contribution >= 4 is 18.3 Å². The third kappa shape index (κ3) is 3.09. The van der Waals surface area contributed by atoms with E-state index in [1.54, 1.807) is 7.11 Å². The maximum atomic E-state index is 11.8. The number of carbonyl (C=O) groups excluding carboxylic acids is 1. The van der Waals surface area contributed by atoms with Gasteiger partial charge in [-0.15, -0.1) is 12.4 Å². The second-order valence-corrected chi connectivity index (χ2v) is 4.57. The number of nitrogens with one attached hydrogen (secondary N) is 1. The van der Waals surface area contributed by atoms with Crippen molar-refractivity contribution in [2.45, 2.75) is 12.8 Å². The van der Waals surface area contributed by atoms with Crippen molar-refractivity contribution in [3.05, 3.63) is 0 Å². The number of hydrogen-bond acceptors (Lipinski definition) is 3. The van der Waals surface area contributed by atoms with Gasteiger partial charge in [0.1, 0.15) is 0 Å². The van der Waals surface area contributed by atoms with E-state index in [4.69, 9.17) is 4.74 Å². The van der Waals surface area contributed by atoms with Gasteiger partial charge in [-0.3, -0.25) is 4.79 Å². The van der Waals surface area contributed by atoms with Gasteiger partial charge < -0.3 is 15.0 Å². The third-order valence-electron chi connectivity index (χ3n) is 3.48. The topological polar surface area (TPSA) is 41.6 Å². The smallest absolute Gasteiger partial charge is 0.222 e. The molecule has 1 amide bonds. The zero-order valence-corrected chi connectivity index (χ0v) is 10.6. The van der Waals surface area contributed by atoms with Gasteiger partial charge in [0.15, 0.2) is 0 Å². The van der Waals surface area contributed by atoms with Gasteiger partial charge in [0.05, 0.1) is 0 Å². The Morgan fingerprint density at radius 1 is 1.38 bits per heavy atom. The first-order chi connectivity index (χ1) is 7.31. The van der Waals surface area contributed by atoms with Gasteiger partial charge in [0, 0.05) is 46.3 Å². The van der Waals surface area contributed by atoms with Gasteiger partial charge in [0.2, 0.25) is 5.91 Å². The summed E-state index contributed by atoms with van der Waals surface area (Å²) in [5.41, 5.74) is 0. The van der Waals surface area contributed by atoms with E-state index in [2.05, 4.69) is 5.32 Å². The normalized spacial score (nSPS) is 27.7. The van der Waals surface area contributed by atoms with Crippen LogP contribution >= 0.6 is 12.4 Å². The Labute approximate surface area is 103 Å². The fraction of sp³-hybridized carbons (Fsp3) is 0.909. The summed E-state index contributed by atoms with van der Waals surface area (Å²) in [6.45, 7) is 4.79. The van der Waals surface area contributed by atoms with E-state index in [0.717, 1.165) is 32.6 Å². The van der Waals surface area contributed by atoms with Crippen LogP contribution in [0, 0.1) is 11.8 Å². The fourth-order valence-corrected chi connectivity index (χ4v) is 2.58. The molecule has 0 spiro atoms. The lowest BCUT2D eigenvalue weighted by Crippen LogP contribution is -2.31. The minimum absolute atomic E-state index is 0. The highest BCUT2D eigenvalue weighted by molar-refractivity contribution is 5.85. The van der Waals surface area contributed by atoms with E-state index < -0.39 is 0 Å². The molecule has 0 aromatic carbocycles. The van der Waals surface area contributed by atoms with Crippen LogP contribution in [-0.2, 0) is 9.53 Å². The quantitative estimate of drug-likeness (QED) is 0.738. The van der Waals surface area contributed by atoms with E-state index in [0.29, 0.717) is 30.8 Å². The Kier molecular flexibility index (Phi) is 5.52. The van der Waals surface area contributed by atoms with Gasteiger partial charge in [-0.25, -0.2) is 0 Å². The molecule has 0 unspecified atom stereocenters. The molecule has 0 aliphatic carbocycles. The van der Waals surface area contributed by atoms with Crippen LogP contribution in [0.4, 0.5) is 0 Å². The highest BCUT2D eigenvalue weighted by Crippen LogP contribution is 2.26. The third-order valence-corrected chi connectivity index (χ3v) is 3.48. The fourth-order valence-electron chi connectivity index (χ4n) is 2.58. The van der Waals surface area contributed by atoms with Gasteiger partial charge in [-0.1, -0.05) is 0 Å². The highest BCUT2D eigenvalue weighted by Gasteiger charge is 2.37. The summed E-state index contributed by atoms with van der Waals surface area (Å²) in [5.74, 6) is 1.72. The molecule has 2 atom stereocenters. The molecule has 2 rings (SSSR count). The van der Waals surface area contributed by atoms with Crippen LogP contribution < -0.4 is 5.32 Å². The Morgan fingerprint density at radius 2 is 2.00 bits per heavy atom. The largest absolute Gasteiger partial charge is 0.385 e. The number of amides is 1. The number of rotatable bonds is 4. The molecular weight excluding hydrogens is 228 g/mol. The van der Waals surface area contributed by atoms with E-state index in [9.17, 15) is 4.79 Å². The summed E-state index contributed by atoms with van der Waals surface area (Å²) in [6.07, 6.45) is 1.49. The number of methoxy groups -OCH3 is 1. The number of carbonyl (C=O) groups is 1. The number of fused-ring (bicyclic) bond motifs is 1. The van der Waals surface area contributed by atoms with E-state index >= 15 is 0 Å². The number of likely N-dealkylation sites (tertiary alicyclic amines) is 1. The van der Waals surface area contributed by atoms with Crippen molar-refractivity contribution in [3.63, 3.8) is 0 Å². The predicted octanol–water partition coefficient (Wildman–Crippen LogP) is 0.513. The Bertz CT molecular complexity index is 226. The zero-order chi connectivity index (χ0) is 10.7. The van der Waals surface area contributed by atoms with Crippen LogP contribution in [0.15, 0.2) is 0 Å². The molecule has 1 N–H and O–H groups in total. The molecule has 0 radical (unpaired) electrons. The van der Waals surface area contributed by atoms with Crippen LogP contribution in [0.25, 0.3) is 0 Å². The predicted molar refractivity (Wildman–Crippen MR) is 64.8 cm³/mol. The van der Waals surface area contributed by atoms with Crippen LogP contribution in [0.1, 0.15) is 12.8 Å². The van der Waals surface area contributed by atoms with Gasteiger partial charge in [0.25, 0.3) is 0 Å². The molecule has 2 aliphatic rings. The molecule has 2 saturated heterocycles. The van der Waals surface area contributed by atoms with Crippen LogP contribution in [0.2, 0.25) is 0 Å². The summed E-state index contributed by atoms with van der Waals surface area (Å²) >= 11 is 0. The van der Waals surface area contributed by atoms with Crippen molar-refractivity contribution in [2.24, 2.45) is 11.8 Å². The minimum Gasteiger partial charge on any atom is -0.385 e. The SMILES string of the molecule is COCCCC(=O)N1C[C@H]2CNC[C@H]2C1.Cl. The average Bonchev–Trinajstić information content (AvgIpc) is 2.76. The zero-order valence-electron chi connectivity index (χ0n) is 9.78. The second-order valence-electron chi connectivity index (χ2n) is 4.57. The molecule has 2 fully saturated rings. The minimum atomic E-state index is 0. The molecule has 94 valence electrons. The lowest BCUT2D eigenvalue weighted by atomic mass is 10.0. The number of halogens is 1. The molecule has 0 bridgehead atoms. The van der Waals surface area contributed by atoms with E-state index in [1.807, 2.05) is 4.90 Å². The molecule has 16 heavy (non-hydrogen) atoms. The van der Waals surface area contributed by atoms with E-state index in [1.165, 1.54) is 0 Å². The summed E-state index contributed by atoms with van der Waals surface area (Å²) in [4.78, 5) is 13.8. The lowest BCUT2D eigenvalue weighted by Gasteiger charge is -2.17. The summed E-state index contributed by atoms with van der Waals surface area (Å²) < 4.78 is 4.95. The molecule has 0 aromatic heterocycles. The van der Waals surface area contributed by atoms with Crippen molar-refractivity contribution in [2.75, 3.05) is 39.9 Å². The first-order valence-electron chi connectivity index (χ1n) is 5.78. The maximum absolute atomic E-state index is 11.8. The van der Waals surface area contributed by atoms with Gasteiger partial charge in [-0.05, 0) is 18.3 Å². The van der Waals surface area contributed by atoms with Crippen molar-refractivity contribution in [3.8, 4) is 0 Å². The summed E-state index contributed by atoms with van der Waals surface area (Å²) in [6, 6.07) is 0. The van der Waals surface area contributed by atoms with Gasteiger partial charge >= 0.3 is 0 Å². The molecule has 2 aliphatic heterocycles. The average molecular weight is 249 g/mol. The molecular formula is C11H21ClN2O2. The molecule has 0 aromatic rings.